The molecule has 2 fully saturated rings. The Kier molecular flexibility index (Phi) is 5.03. The normalized spacial score (nSPS) is 27.9. The van der Waals surface area contributed by atoms with Gasteiger partial charge in [-0.3, -0.25) is 9.69 Å². The lowest BCUT2D eigenvalue weighted by Gasteiger charge is -2.36. The van der Waals surface area contributed by atoms with Gasteiger partial charge < -0.3 is 10.0 Å². The molecule has 24 heavy (non-hydrogen) atoms. The number of nitrogens with zero attached hydrogens (tertiary/aromatic N) is 2. The number of amides is 1. The highest BCUT2D eigenvalue weighted by atomic mass is 32.1. The van der Waals surface area contributed by atoms with Crippen molar-refractivity contribution in [3.63, 3.8) is 0 Å². The van der Waals surface area contributed by atoms with Crippen molar-refractivity contribution in [2.75, 3.05) is 32.7 Å². The molecular formula is C17H22F2N2O2S. The van der Waals surface area contributed by atoms with Gasteiger partial charge in [0.15, 0.2) is 0 Å². The van der Waals surface area contributed by atoms with Crippen LogP contribution in [0.3, 0.4) is 0 Å². The molecule has 2 aliphatic heterocycles. The molecule has 1 aromatic heterocycles. The summed E-state index contributed by atoms with van der Waals surface area (Å²) >= 11 is 1.56. The molecule has 1 N–H and O–H groups in total. The average Bonchev–Trinajstić information content (AvgIpc) is 3.17. The van der Waals surface area contributed by atoms with E-state index in [1.165, 1.54) is 6.08 Å². The molecule has 2 saturated heterocycles. The number of rotatable bonds is 4. The van der Waals surface area contributed by atoms with Gasteiger partial charge in [0.1, 0.15) is 0 Å². The molecule has 7 heteroatoms. The number of carbonyl (C=O) groups is 1. The lowest BCUT2D eigenvalue weighted by atomic mass is 10.00. The van der Waals surface area contributed by atoms with Crippen LogP contribution in [0.2, 0.25) is 0 Å². The fraction of sp³-hybridized carbons (Fsp3) is 0.588. The third kappa shape index (κ3) is 4.40. The number of thiophene rings is 1. The minimum atomic E-state index is -2.58. The number of hydrogen-bond acceptors (Lipinski definition) is 4. The Morgan fingerprint density at radius 3 is 2.71 bits per heavy atom. The van der Waals surface area contributed by atoms with E-state index in [9.17, 15) is 18.7 Å². The van der Waals surface area contributed by atoms with E-state index in [0.29, 0.717) is 32.6 Å². The zero-order chi connectivity index (χ0) is 17.2. The van der Waals surface area contributed by atoms with Crippen molar-refractivity contribution in [1.29, 1.82) is 0 Å². The number of halogens is 2. The topological polar surface area (TPSA) is 43.8 Å². The maximum absolute atomic E-state index is 13.2. The summed E-state index contributed by atoms with van der Waals surface area (Å²) in [5.41, 5.74) is -1.00. The van der Waals surface area contributed by atoms with Gasteiger partial charge in [-0.2, -0.15) is 0 Å². The Labute approximate surface area is 144 Å². The van der Waals surface area contributed by atoms with Crippen molar-refractivity contribution in [1.82, 2.24) is 9.80 Å². The van der Waals surface area contributed by atoms with Crippen molar-refractivity contribution >= 4 is 23.3 Å². The number of carbonyl (C=O) groups excluding carboxylic acids is 1. The van der Waals surface area contributed by atoms with E-state index in [4.69, 9.17) is 0 Å². The molecule has 0 unspecified atom stereocenters. The third-order valence-corrected chi connectivity index (χ3v) is 5.52. The quantitative estimate of drug-likeness (QED) is 0.843. The Morgan fingerprint density at radius 2 is 2.04 bits per heavy atom. The number of hydrogen-bond donors (Lipinski definition) is 1. The van der Waals surface area contributed by atoms with Crippen LogP contribution in [0.15, 0.2) is 23.6 Å². The molecule has 2 aliphatic rings. The largest absolute Gasteiger partial charge is 0.387 e. The van der Waals surface area contributed by atoms with Gasteiger partial charge >= 0.3 is 0 Å². The van der Waals surface area contributed by atoms with E-state index >= 15 is 0 Å². The molecule has 0 aliphatic carbocycles. The summed E-state index contributed by atoms with van der Waals surface area (Å²) < 4.78 is 26.4. The SMILES string of the molecule is O=C(/C=C/c1cccs1)N1CC[C@](O)(CN2CCC(F)(F)CC2)C1. The van der Waals surface area contributed by atoms with E-state index in [1.54, 1.807) is 22.3 Å². The summed E-state index contributed by atoms with van der Waals surface area (Å²) in [6, 6.07) is 3.85. The van der Waals surface area contributed by atoms with Crippen LogP contribution in [0, 0.1) is 0 Å². The van der Waals surface area contributed by atoms with Crippen LogP contribution >= 0.6 is 11.3 Å². The first kappa shape index (κ1) is 17.5. The van der Waals surface area contributed by atoms with Crippen LogP contribution in [0.5, 0.6) is 0 Å². The van der Waals surface area contributed by atoms with Crippen LogP contribution in [0.4, 0.5) is 8.78 Å². The molecule has 1 amide bonds. The molecular weight excluding hydrogens is 334 g/mol. The highest BCUT2D eigenvalue weighted by Crippen LogP contribution is 2.30. The highest BCUT2D eigenvalue weighted by Gasteiger charge is 2.41. The Morgan fingerprint density at radius 1 is 1.29 bits per heavy atom. The Hall–Kier alpha value is -1.31. The van der Waals surface area contributed by atoms with E-state index < -0.39 is 11.5 Å². The summed E-state index contributed by atoms with van der Waals surface area (Å²) in [6.07, 6.45) is 3.47. The maximum Gasteiger partial charge on any atom is 0.250 e. The highest BCUT2D eigenvalue weighted by molar-refractivity contribution is 7.10. The fourth-order valence-electron chi connectivity index (χ4n) is 3.27. The van der Waals surface area contributed by atoms with E-state index in [0.717, 1.165) is 4.88 Å². The Balaban J connectivity index is 1.51. The second kappa shape index (κ2) is 6.90. The lowest BCUT2D eigenvalue weighted by molar-refractivity contribution is -0.126. The van der Waals surface area contributed by atoms with Crippen molar-refractivity contribution in [2.24, 2.45) is 0 Å². The molecule has 132 valence electrons. The number of piperidine rings is 1. The standard InChI is InChI=1S/C17H22F2N2O2S/c18-17(19)6-8-20(9-7-17)12-16(23)5-10-21(13-16)15(22)4-3-14-2-1-11-24-14/h1-4,11,23H,5-10,12-13H2/b4-3+/t16-/m0/s1. The first-order valence-electron chi connectivity index (χ1n) is 8.18. The molecule has 0 aromatic carbocycles. The number of β-amino-alcohol motifs (C(OH)–C–C–N with tert-alkyl or cyclic N) is 1. The minimum absolute atomic E-state index is 0.121. The van der Waals surface area contributed by atoms with Gasteiger partial charge in [0, 0.05) is 50.0 Å². The first-order valence-corrected chi connectivity index (χ1v) is 9.06. The molecule has 0 radical (unpaired) electrons. The van der Waals surface area contributed by atoms with Gasteiger partial charge in [0.2, 0.25) is 5.91 Å². The van der Waals surface area contributed by atoms with E-state index in [1.807, 2.05) is 22.4 Å². The lowest BCUT2D eigenvalue weighted by Crippen LogP contribution is -2.49. The maximum atomic E-state index is 13.2. The minimum Gasteiger partial charge on any atom is -0.387 e. The van der Waals surface area contributed by atoms with Crippen molar-refractivity contribution in [3.05, 3.63) is 28.5 Å². The first-order chi connectivity index (χ1) is 11.4. The second-order valence-electron chi connectivity index (χ2n) is 6.71. The number of alkyl halides is 2. The summed E-state index contributed by atoms with van der Waals surface area (Å²) in [7, 11) is 0. The Bertz CT molecular complexity index is 596. The summed E-state index contributed by atoms with van der Waals surface area (Å²) in [4.78, 5) is 16.7. The van der Waals surface area contributed by atoms with E-state index in [2.05, 4.69) is 0 Å². The zero-order valence-electron chi connectivity index (χ0n) is 13.5. The number of aliphatic hydroxyl groups is 1. The molecule has 3 heterocycles. The third-order valence-electron chi connectivity index (χ3n) is 4.68. The van der Waals surface area contributed by atoms with Crippen LogP contribution < -0.4 is 0 Å². The smallest absolute Gasteiger partial charge is 0.250 e. The molecule has 0 bridgehead atoms. The summed E-state index contributed by atoms with van der Waals surface area (Å²) in [6.45, 7) is 1.69. The molecule has 4 nitrogen and oxygen atoms in total. The van der Waals surface area contributed by atoms with Crippen LogP contribution in [0.25, 0.3) is 6.08 Å². The molecule has 3 rings (SSSR count). The number of likely N-dealkylation sites (tertiary alicyclic amines) is 2. The van der Waals surface area contributed by atoms with Gasteiger partial charge in [-0.15, -0.1) is 11.3 Å². The van der Waals surface area contributed by atoms with Gasteiger partial charge in [-0.25, -0.2) is 8.78 Å². The van der Waals surface area contributed by atoms with Crippen molar-refractivity contribution in [3.8, 4) is 0 Å². The van der Waals surface area contributed by atoms with Crippen LogP contribution in [-0.4, -0.2) is 65.1 Å². The van der Waals surface area contributed by atoms with Gasteiger partial charge in [0.05, 0.1) is 12.1 Å². The second-order valence-corrected chi connectivity index (χ2v) is 7.69. The average molecular weight is 356 g/mol. The van der Waals surface area contributed by atoms with E-state index in [-0.39, 0.29) is 25.3 Å². The summed E-state index contributed by atoms with van der Waals surface area (Å²) in [5.74, 6) is -2.70. The van der Waals surface area contributed by atoms with Gasteiger partial charge in [-0.05, 0) is 23.9 Å². The van der Waals surface area contributed by atoms with Crippen LogP contribution in [-0.2, 0) is 4.79 Å². The predicted octanol–water partition coefficient (Wildman–Crippen LogP) is 2.46. The van der Waals surface area contributed by atoms with Gasteiger partial charge in [-0.1, -0.05) is 6.07 Å². The van der Waals surface area contributed by atoms with Crippen molar-refractivity contribution in [2.45, 2.75) is 30.8 Å². The zero-order valence-corrected chi connectivity index (χ0v) is 14.3. The van der Waals surface area contributed by atoms with Crippen molar-refractivity contribution < 1.29 is 18.7 Å². The monoisotopic (exact) mass is 356 g/mol. The molecule has 0 saturated carbocycles. The van der Waals surface area contributed by atoms with Gasteiger partial charge in [0.25, 0.3) is 5.92 Å². The predicted molar refractivity (Wildman–Crippen MR) is 90.1 cm³/mol. The molecule has 1 atom stereocenters. The fourth-order valence-corrected chi connectivity index (χ4v) is 3.89. The van der Waals surface area contributed by atoms with Crippen LogP contribution in [0.1, 0.15) is 24.1 Å². The summed E-state index contributed by atoms with van der Waals surface area (Å²) in [5, 5.41) is 12.6. The molecule has 0 spiro atoms. The molecule has 1 aromatic rings.